The van der Waals surface area contributed by atoms with E-state index >= 15 is 0 Å². The van der Waals surface area contributed by atoms with Gasteiger partial charge < -0.3 is 14.8 Å². The molecule has 1 aliphatic rings. The summed E-state index contributed by atoms with van der Waals surface area (Å²) in [6, 6.07) is 8.42. The van der Waals surface area contributed by atoms with E-state index in [9.17, 15) is 0 Å². The number of aromatic nitrogens is 1. The van der Waals surface area contributed by atoms with Crippen LogP contribution in [-0.2, 0) is 6.42 Å². The van der Waals surface area contributed by atoms with Crippen LogP contribution in [0.25, 0.3) is 0 Å². The van der Waals surface area contributed by atoms with Gasteiger partial charge >= 0.3 is 0 Å². The van der Waals surface area contributed by atoms with Crippen LogP contribution in [0.5, 0.6) is 11.5 Å². The number of ether oxygens (including phenoxy) is 2. The van der Waals surface area contributed by atoms with Crippen LogP contribution in [0.4, 0.5) is 0 Å². The minimum Gasteiger partial charge on any atom is -0.493 e. The summed E-state index contributed by atoms with van der Waals surface area (Å²) in [5.74, 6) is 1.55. The van der Waals surface area contributed by atoms with E-state index in [-0.39, 0.29) is 11.6 Å². The molecule has 22 heavy (non-hydrogen) atoms. The van der Waals surface area contributed by atoms with Gasteiger partial charge in [0, 0.05) is 17.9 Å². The summed E-state index contributed by atoms with van der Waals surface area (Å²) in [5, 5.41) is 3.73. The van der Waals surface area contributed by atoms with E-state index in [2.05, 4.69) is 48.4 Å². The number of nitrogens with one attached hydrogen (secondary N) is 1. The Kier molecular flexibility index (Phi) is 3.79. The summed E-state index contributed by atoms with van der Waals surface area (Å²) < 4.78 is 10.9. The highest BCUT2D eigenvalue weighted by molar-refractivity contribution is 5.52. The van der Waals surface area contributed by atoms with Crippen molar-refractivity contribution in [1.82, 2.24) is 10.3 Å². The summed E-state index contributed by atoms with van der Waals surface area (Å²) in [7, 11) is 3.35. The predicted molar refractivity (Wildman–Crippen MR) is 86.5 cm³/mol. The molecule has 2 heterocycles. The molecule has 116 valence electrons. The maximum absolute atomic E-state index is 5.47. The Morgan fingerprint density at radius 1 is 1.09 bits per heavy atom. The average Bonchev–Trinajstić information content (AvgIpc) is 2.53. The van der Waals surface area contributed by atoms with Crippen molar-refractivity contribution < 1.29 is 9.47 Å². The van der Waals surface area contributed by atoms with Gasteiger partial charge in [-0.15, -0.1) is 0 Å². The topological polar surface area (TPSA) is 43.4 Å². The summed E-state index contributed by atoms with van der Waals surface area (Å²) in [6.07, 6.45) is 4.61. The molecule has 2 aromatic rings. The number of methoxy groups -OCH3 is 2. The predicted octanol–water partition coefficient (Wildman–Crippen LogP) is 3.11. The number of fused-ring (bicyclic) bond motifs is 1. The molecule has 1 N–H and O–H groups in total. The molecule has 0 saturated heterocycles. The molecule has 0 radical (unpaired) electrons. The maximum Gasteiger partial charge on any atom is 0.161 e. The lowest BCUT2D eigenvalue weighted by molar-refractivity contribution is 0.324. The van der Waals surface area contributed by atoms with Gasteiger partial charge in [-0.05, 0) is 61.2 Å². The van der Waals surface area contributed by atoms with Crippen LogP contribution >= 0.6 is 0 Å². The van der Waals surface area contributed by atoms with Gasteiger partial charge in [0.25, 0.3) is 0 Å². The Morgan fingerprint density at radius 2 is 1.73 bits per heavy atom. The van der Waals surface area contributed by atoms with Crippen LogP contribution in [0.2, 0.25) is 0 Å². The van der Waals surface area contributed by atoms with E-state index < -0.39 is 0 Å². The van der Waals surface area contributed by atoms with Gasteiger partial charge in [0.1, 0.15) is 0 Å². The van der Waals surface area contributed by atoms with E-state index in [0.717, 1.165) is 17.9 Å². The summed E-state index contributed by atoms with van der Waals surface area (Å²) in [4.78, 5) is 4.12. The summed E-state index contributed by atoms with van der Waals surface area (Å²) in [5.41, 5.74) is 3.75. The third-order valence-corrected chi connectivity index (χ3v) is 4.16. The molecule has 3 rings (SSSR count). The van der Waals surface area contributed by atoms with Crippen molar-refractivity contribution in [3.8, 4) is 11.5 Å². The molecule has 1 aliphatic heterocycles. The smallest absolute Gasteiger partial charge is 0.161 e. The van der Waals surface area contributed by atoms with Gasteiger partial charge in [0.2, 0.25) is 0 Å². The fourth-order valence-electron chi connectivity index (χ4n) is 3.17. The first-order valence-corrected chi connectivity index (χ1v) is 7.46. The first-order chi connectivity index (χ1) is 10.5. The third-order valence-electron chi connectivity index (χ3n) is 4.16. The lowest BCUT2D eigenvalue weighted by Crippen LogP contribution is -2.47. The number of nitrogens with zero attached hydrogens (tertiary/aromatic N) is 1. The lowest BCUT2D eigenvalue weighted by Gasteiger charge is -2.39. The van der Waals surface area contributed by atoms with Crippen LogP contribution in [-0.4, -0.2) is 24.7 Å². The molecular weight excluding hydrogens is 276 g/mol. The quantitative estimate of drug-likeness (QED) is 0.945. The number of hydrogen-bond acceptors (Lipinski definition) is 4. The van der Waals surface area contributed by atoms with Crippen LogP contribution in [0.15, 0.2) is 36.7 Å². The zero-order valence-electron chi connectivity index (χ0n) is 13.5. The fraction of sp³-hybridized carbons (Fsp3) is 0.389. The molecule has 1 aromatic heterocycles. The summed E-state index contributed by atoms with van der Waals surface area (Å²) in [6.45, 7) is 4.45. The summed E-state index contributed by atoms with van der Waals surface area (Å²) >= 11 is 0. The molecule has 1 aromatic carbocycles. The van der Waals surface area contributed by atoms with Crippen LogP contribution < -0.4 is 14.8 Å². The molecule has 0 spiro atoms. The number of rotatable bonds is 3. The number of benzene rings is 1. The standard InChI is InChI=1S/C18H22N2O2/c1-18(2)11-13-9-15(21-3)16(22-4)10-14(13)17(20-18)12-5-7-19-8-6-12/h5-10,17,20H,11H2,1-4H3. The van der Waals surface area contributed by atoms with Crippen molar-refractivity contribution in [2.75, 3.05) is 14.2 Å². The Bertz CT molecular complexity index is 668. The van der Waals surface area contributed by atoms with Crippen LogP contribution in [0, 0.1) is 0 Å². The molecule has 1 atom stereocenters. The maximum atomic E-state index is 5.47. The molecule has 0 fully saturated rings. The van der Waals surface area contributed by atoms with Crippen molar-refractivity contribution in [3.63, 3.8) is 0 Å². The number of hydrogen-bond donors (Lipinski definition) is 1. The minimum absolute atomic E-state index is 0.0144. The van der Waals surface area contributed by atoms with Crippen LogP contribution in [0.3, 0.4) is 0 Å². The first kappa shape index (κ1) is 14.9. The Hall–Kier alpha value is -2.07. The normalized spacial score (nSPS) is 19.4. The highest BCUT2D eigenvalue weighted by Crippen LogP contribution is 2.40. The highest BCUT2D eigenvalue weighted by Gasteiger charge is 2.33. The van der Waals surface area contributed by atoms with Crippen molar-refractivity contribution in [3.05, 3.63) is 53.3 Å². The van der Waals surface area contributed by atoms with Crippen molar-refractivity contribution >= 4 is 0 Å². The second-order valence-electron chi connectivity index (χ2n) is 6.32. The largest absolute Gasteiger partial charge is 0.493 e. The van der Waals surface area contributed by atoms with E-state index in [1.165, 1.54) is 16.7 Å². The zero-order chi connectivity index (χ0) is 15.7. The Balaban J connectivity index is 2.15. The molecule has 4 heteroatoms. The second kappa shape index (κ2) is 5.61. The van der Waals surface area contributed by atoms with E-state index in [0.29, 0.717) is 0 Å². The van der Waals surface area contributed by atoms with E-state index in [1.54, 1.807) is 14.2 Å². The minimum atomic E-state index is 0.0144. The van der Waals surface area contributed by atoms with Gasteiger partial charge in [0.05, 0.1) is 20.3 Å². The Morgan fingerprint density at radius 3 is 2.36 bits per heavy atom. The molecular formula is C18H22N2O2. The monoisotopic (exact) mass is 298 g/mol. The number of pyridine rings is 1. The van der Waals surface area contributed by atoms with Crippen molar-refractivity contribution in [2.24, 2.45) is 0 Å². The SMILES string of the molecule is COc1cc2c(cc1OC)C(c1ccncc1)NC(C)(C)C2. The van der Waals surface area contributed by atoms with Gasteiger partial charge in [-0.3, -0.25) is 4.98 Å². The molecule has 0 amide bonds. The van der Waals surface area contributed by atoms with Gasteiger partial charge in [-0.2, -0.15) is 0 Å². The second-order valence-corrected chi connectivity index (χ2v) is 6.32. The van der Waals surface area contributed by atoms with Gasteiger partial charge in [0.15, 0.2) is 11.5 Å². The third kappa shape index (κ3) is 2.66. The molecule has 0 bridgehead atoms. The lowest BCUT2D eigenvalue weighted by atomic mass is 9.81. The van der Waals surface area contributed by atoms with Crippen LogP contribution in [0.1, 0.15) is 36.6 Å². The molecule has 4 nitrogen and oxygen atoms in total. The van der Waals surface area contributed by atoms with Crippen molar-refractivity contribution in [1.29, 1.82) is 0 Å². The van der Waals surface area contributed by atoms with Crippen molar-refractivity contribution in [2.45, 2.75) is 31.8 Å². The fourth-order valence-corrected chi connectivity index (χ4v) is 3.17. The highest BCUT2D eigenvalue weighted by atomic mass is 16.5. The molecule has 0 aliphatic carbocycles. The van der Waals surface area contributed by atoms with E-state index in [4.69, 9.17) is 9.47 Å². The Labute approximate surface area is 131 Å². The average molecular weight is 298 g/mol. The molecule has 0 saturated carbocycles. The first-order valence-electron chi connectivity index (χ1n) is 7.46. The van der Waals surface area contributed by atoms with E-state index in [1.807, 2.05) is 12.4 Å². The zero-order valence-corrected chi connectivity index (χ0v) is 13.5. The van der Waals surface area contributed by atoms with Gasteiger partial charge in [-0.25, -0.2) is 0 Å². The van der Waals surface area contributed by atoms with Gasteiger partial charge in [-0.1, -0.05) is 0 Å². The molecule has 1 unspecified atom stereocenters.